The third kappa shape index (κ3) is 3.42. The number of carbonyl (C=O) groups is 2. The summed E-state index contributed by atoms with van der Waals surface area (Å²) in [6, 6.07) is -1.13. The number of hydrogen-bond acceptors (Lipinski definition) is 3. The van der Waals surface area contributed by atoms with Crippen molar-refractivity contribution in [2.75, 3.05) is 6.54 Å². The number of carbonyl (C=O) groups excluding carboxylic acids is 1. The maximum atomic E-state index is 12.2. The van der Waals surface area contributed by atoms with Crippen LogP contribution in [0.4, 0.5) is 4.79 Å². The van der Waals surface area contributed by atoms with Crippen LogP contribution >= 0.6 is 0 Å². The highest BCUT2D eigenvalue weighted by Crippen LogP contribution is 2.27. The molecule has 1 saturated carbocycles. The number of urea groups is 1. The number of β-amino-alcohol motifs (C(OH)–C–C–N with tert-alkyl or cyclic N) is 1. The molecule has 1 heterocycles. The van der Waals surface area contributed by atoms with Crippen LogP contribution in [-0.4, -0.2) is 51.8 Å². The first-order chi connectivity index (χ1) is 9.51. The number of nitrogens with one attached hydrogen (secondary N) is 1. The predicted octanol–water partition coefficient (Wildman–Crippen LogP) is 1.18. The fourth-order valence-electron chi connectivity index (χ4n) is 3.32. The second-order valence-corrected chi connectivity index (χ2v) is 5.98. The Morgan fingerprint density at radius 1 is 1.30 bits per heavy atom. The number of aliphatic hydroxyl groups is 1. The molecule has 2 unspecified atom stereocenters. The monoisotopic (exact) mass is 284 g/mol. The summed E-state index contributed by atoms with van der Waals surface area (Å²) in [7, 11) is 0. The molecule has 6 nitrogen and oxygen atoms in total. The summed E-state index contributed by atoms with van der Waals surface area (Å²) in [5.41, 5.74) is 0. The van der Waals surface area contributed by atoms with Crippen LogP contribution in [0.2, 0.25) is 0 Å². The van der Waals surface area contributed by atoms with Crippen LogP contribution in [0.15, 0.2) is 0 Å². The van der Waals surface area contributed by atoms with E-state index in [1.165, 1.54) is 11.3 Å². The van der Waals surface area contributed by atoms with Gasteiger partial charge in [0.2, 0.25) is 0 Å². The molecule has 2 aliphatic rings. The number of carboxylic acid groups (broad SMARTS) is 1. The van der Waals surface area contributed by atoms with Crippen LogP contribution in [0, 0.1) is 5.92 Å². The van der Waals surface area contributed by atoms with Crippen molar-refractivity contribution in [2.45, 2.75) is 63.6 Å². The van der Waals surface area contributed by atoms with Crippen LogP contribution in [0.1, 0.15) is 45.4 Å². The van der Waals surface area contributed by atoms with Gasteiger partial charge in [-0.3, -0.25) is 0 Å². The highest BCUT2D eigenvalue weighted by atomic mass is 16.4. The number of nitrogens with zero attached hydrogens (tertiary/aromatic N) is 1. The number of likely N-dealkylation sites (tertiary alicyclic amines) is 1. The number of hydrogen-bond donors (Lipinski definition) is 3. The van der Waals surface area contributed by atoms with Gasteiger partial charge in [0.25, 0.3) is 0 Å². The summed E-state index contributed by atoms with van der Waals surface area (Å²) in [5.74, 6) is -0.403. The van der Waals surface area contributed by atoms with E-state index in [1.54, 1.807) is 0 Å². The van der Waals surface area contributed by atoms with Crippen LogP contribution in [-0.2, 0) is 4.79 Å². The minimum Gasteiger partial charge on any atom is -0.480 e. The lowest BCUT2D eigenvalue weighted by Crippen LogP contribution is -2.50. The molecule has 0 aromatic carbocycles. The molecule has 114 valence electrons. The van der Waals surface area contributed by atoms with Crippen molar-refractivity contribution in [3.05, 3.63) is 0 Å². The summed E-state index contributed by atoms with van der Waals surface area (Å²) in [6.45, 7) is 2.26. The average Bonchev–Trinajstić information content (AvgIpc) is 2.81. The molecule has 1 aliphatic carbocycles. The maximum Gasteiger partial charge on any atom is 0.326 e. The Kier molecular flexibility index (Phi) is 4.86. The van der Waals surface area contributed by atoms with Crippen LogP contribution in [0.3, 0.4) is 0 Å². The fourth-order valence-corrected chi connectivity index (χ4v) is 3.32. The lowest BCUT2D eigenvalue weighted by molar-refractivity contribution is -0.141. The lowest BCUT2D eigenvalue weighted by atomic mass is 9.84. The molecule has 0 bridgehead atoms. The van der Waals surface area contributed by atoms with Crippen molar-refractivity contribution in [3.8, 4) is 0 Å². The molecule has 20 heavy (non-hydrogen) atoms. The summed E-state index contributed by atoms with van der Waals surface area (Å²) in [4.78, 5) is 24.6. The van der Waals surface area contributed by atoms with Gasteiger partial charge in [-0.15, -0.1) is 0 Å². The lowest BCUT2D eigenvalue weighted by Gasteiger charge is -2.31. The first-order valence-corrected chi connectivity index (χ1v) is 7.49. The van der Waals surface area contributed by atoms with Crippen molar-refractivity contribution >= 4 is 12.0 Å². The second kappa shape index (κ2) is 6.43. The van der Waals surface area contributed by atoms with Gasteiger partial charge in [0.05, 0.1) is 6.10 Å². The Morgan fingerprint density at radius 2 is 2.05 bits per heavy atom. The third-order valence-electron chi connectivity index (χ3n) is 4.51. The van der Waals surface area contributed by atoms with E-state index in [-0.39, 0.29) is 25.0 Å². The summed E-state index contributed by atoms with van der Waals surface area (Å²) < 4.78 is 0. The number of aliphatic carboxylic acids is 1. The zero-order valence-corrected chi connectivity index (χ0v) is 11.9. The Balaban J connectivity index is 1.92. The molecule has 0 spiro atoms. The maximum absolute atomic E-state index is 12.2. The summed E-state index contributed by atoms with van der Waals surface area (Å²) in [5, 5.41) is 21.6. The highest BCUT2D eigenvalue weighted by molar-refractivity contribution is 5.83. The molecule has 1 aliphatic heterocycles. The molecule has 6 heteroatoms. The van der Waals surface area contributed by atoms with Gasteiger partial charge in [0, 0.05) is 19.0 Å². The van der Waals surface area contributed by atoms with Gasteiger partial charge >= 0.3 is 12.0 Å². The quantitative estimate of drug-likeness (QED) is 0.726. The van der Waals surface area contributed by atoms with E-state index >= 15 is 0 Å². The van der Waals surface area contributed by atoms with Gasteiger partial charge in [-0.05, 0) is 18.8 Å². The van der Waals surface area contributed by atoms with Crippen LogP contribution < -0.4 is 5.32 Å². The molecule has 1 saturated heterocycles. The van der Waals surface area contributed by atoms with Gasteiger partial charge in [0.1, 0.15) is 6.04 Å². The van der Waals surface area contributed by atoms with E-state index in [0.717, 1.165) is 25.7 Å². The SMILES string of the molecule is CCC1CCCC(NC(=O)N2C[C@H](O)C[C@@H]2C(=O)O)C1. The standard InChI is InChI=1S/C14H24N2O4/c1-2-9-4-3-5-10(6-9)15-14(20)16-8-11(17)7-12(16)13(18)19/h9-12,17H,2-8H2,1H3,(H,15,20)(H,18,19)/t9?,10?,11-,12-/m1/s1. The molecule has 3 N–H and O–H groups in total. The van der Waals surface area contributed by atoms with Crippen LogP contribution in [0.5, 0.6) is 0 Å². The normalized spacial score (nSPS) is 34.0. The fraction of sp³-hybridized carbons (Fsp3) is 0.857. The highest BCUT2D eigenvalue weighted by Gasteiger charge is 2.39. The van der Waals surface area contributed by atoms with E-state index in [4.69, 9.17) is 5.11 Å². The van der Waals surface area contributed by atoms with Gasteiger partial charge in [-0.25, -0.2) is 9.59 Å². The molecular weight excluding hydrogens is 260 g/mol. The molecule has 0 radical (unpaired) electrons. The average molecular weight is 284 g/mol. The minimum atomic E-state index is -1.05. The largest absolute Gasteiger partial charge is 0.480 e. The summed E-state index contributed by atoms with van der Waals surface area (Å²) >= 11 is 0. The van der Waals surface area contributed by atoms with E-state index in [1.807, 2.05) is 0 Å². The van der Waals surface area contributed by atoms with Crippen molar-refractivity contribution in [1.29, 1.82) is 0 Å². The Bertz CT molecular complexity index is 374. The molecule has 2 amide bonds. The van der Waals surface area contributed by atoms with Crippen molar-refractivity contribution in [2.24, 2.45) is 5.92 Å². The van der Waals surface area contributed by atoms with Gasteiger partial charge < -0.3 is 20.4 Å². The smallest absolute Gasteiger partial charge is 0.326 e. The molecule has 0 aromatic rings. The third-order valence-corrected chi connectivity index (χ3v) is 4.51. The Hall–Kier alpha value is -1.30. The minimum absolute atomic E-state index is 0.104. The van der Waals surface area contributed by atoms with Crippen molar-refractivity contribution < 1.29 is 19.8 Å². The second-order valence-electron chi connectivity index (χ2n) is 5.98. The predicted molar refractivity (Wildman–Crippen MR) is 73.3 cm³/mol. The van der Waals surface area contributed by atoms with Crippen LogP contribution in [0.25, 0.3) is 0 Å². The zero-order valence-electron chi connectivity index (χ0n) is 11.9. The van der Waals surface area contributed by atoms with Crippen molar-refractivity contribution in [3.63, 3.8) is 0 Å². The number of carboxylic acids is 1. The molecular formula is C14H24N2O4. The van der Waals surface area contributed by atoms with E-state index in [2.05, 4.69) is 12.2 Å². The Labute approximate surface area is 119 Å². The van der Waals surface area contributed by atoms with E-state index < -0.39 is 18.1 Å². The van der Waals surface area contributed by atoms with Crippen molar-refractivity contribution in [1.82, 2.24) is 10.2 Å². The number of aliphatic hydroxyl groups excluding tert-OH is 1. The molecule has 0 aromatic heterocycles. The summed E-state index contributed by atoms with van der Waals surface area (Å²) in [6.07, 6.45) is 4.73. The van der Waals surface area contributed by atoms with Gasteiger partial charge in [-0.2, -0.15) is 0 Å². The molecule has 4 atom stereocenters. The first-order valence-electron chi connectivity index (χ1n) is 7.49. The Morgan fingerprint density at radius 3 is 2.70 bits per heavy atom. The van der Waals surface area contributed by atoms with E-state index in [9.17, 15) is 14.7 Å². The number of amides is 2. The molecule has 2 fully saturated rings. The van der Waals surface area contributed by atoms with Gasteiger partial charge in [0.15, 0.2) is 0 Å². The zero-order chi connectivity index (χ0) is 14.7. The molecule has 2 rings (SSSR count). The van der Waals surface area contributed by atoms with Gasteiger partial charge in [-0.1, -0.05) is 26.2 Å². The topological polar surface area (TPSA) is 89.9 Å². The van der Waals surface area contributed by atoms with E-state index in [0.29, 0.717) is 5.92 Å². The number of rotatable bonds is 3. The first kappa shape index (κ1) is 15.1.